The number of hydrogen-bond acceptors (Lipinski definition) is 5. The van der Waals surface area contributed by atoms with Crippen LogP contribution in [0.3, 0.4) is 0 Å². The fraction of sp³-hybridized carbons (Fsp3) is 0.0952. The zero-order valence-corrected chi connectivity index (χ0v) is 16.7. The third-order valence-electron chi connectivity index (χ3n) is 4.63. The lowest BCUT2D eigenvalue weighted by atomic mass is 10.0. The minimum Gasteiger partial charge on any atom is -0.479 e. The van der Waals surface area contributed by atoms with Gasteiger partial charge in [0.1, 0.15) is 22.8 Å². The van der Waals surface area contributed by atoms with Crippen LogP contribution in [0.25, 0.3) is 22.0 Å². The average molecular weight is 428 g/mol. The van der Waals surface area contributed by atoms with Crippen molar-refractivity contribution >= 4 is 28.2 Å². The van der Waals surface area contributed by atoms with Crippen LogP contribution in [0.1, 0.15) is 0 Å². The van der Waals surface area contributed by atoms with Gasteiger partial charge in [-0.1, -0.05) is 11.6 Å². The molecule has 4 rings (SSSR count). The topological polar surface area (TPSA) is 79.4 Å². The van der Waals surface area contributed by atoms with E-state index in [2.05, 4.69) is 4.98 Å². The van der Waals surface area contributed by atoms with Gasteiger partial charge in [-0.15, -0.1) is 0 Å². The van der Waals surface area contributed by atoms with Gasteiger partial charge in [0.2, 0.25) is 5.88 Å². The molecular formula is C21H15ClFN3O4. The van der Waals surface area contributed by atoms with Crippen molar-refractivity contribution in [1.82, 2.24) is 9.55 Å². The van der Waals surface area contributed by atoms with Crippen LogP contribution < -0.4 is 9.47 Å². The first-order valence-electron chi connectivity index (χ1n) is 8.78. The number of halogens is 2. The van der Waals surface area contributed by atoms with Crippen molar-refractivity contribution in [3.63, 3.8) is 0 Å². The maximum absolute atomic E-state index is 13.4. The number of non-ortho nitro benzene ring substituents is 1. The zero-order valence-electron chi connectivity index (χ0n) is 15.9. The highest BCUT2D eigenvalue weighted by atomic mass is 35.5. The average Bonchev–Trinajstić information content (AvgIpc) is 3.07. The first-order chi connectivity index (χ1) is 14.4. The molecule has 0 unspecified atom stereocenters. The lowest BCUT2D eigenvalue weighted by Crippen LogP contribution is -1.93. The molecule has 0 aliphatic heterocycles. The van der Waals surface area contributed by atoms with Crippen molar-refractivity contribution in [2.24, 2.45) is 7.05 Å². The van der Waals surface area contributed by atoms with Gasteiger partial charge in [0.15, 0.2) is 0 Å². The summed E-state index contributed by atoms with van der Waals surface area (Å²) in [5.74, 6) is 0.491. The van der Waals surface area contributed by atoms with Crippen LogP contribution in [0.2, 0.25) is 5.02 Å². The molecule has 2 aromatic carbocycles. The quantitative estimate of drug-likeness (QED) is 0.299. The van der Waals surface area contributed by atoms with E-state index < -0.39 is 10.7 Å². The van der Waals surface area contributed by atoms with Gasteiger partial charge in [0, 0.05) is 48.1 Å². The molecule has 0 radical (unpaired) electrons. The highest BCUT2D eigenvalue weighted by molar-refractivity contribution is 6.32. The summed E-state index contributed by atoms with van der Waals surface area (Å²) in [6, 6.07) is 9.80. The molecule has 7 nitrogen and oxygen atoms in total. The smallest absolute Gasteiger partial charge is 0.270 e. The lowest BCUT2D eigenvalue weighted by Gasteiger charge is -2.12. The summed E-state index contributed by atoms with van der Waals surface area (Å²) >= 11 is 6.10. The van der Waals surface area contributed by atoms with Crippen LogP contribution in [0.4, 0.5) is 10.1 Å². The fourth-order valence-corrected chi connectivity index (χ4v) is 3.50. The predicted octanol–water partition coefficient (Wildman–Crippen LogP) is 5.74. The predicted molar refractivity (Wildman–Crippen MR) is 111 cm³/mol. The normalized spacial score (nSPS) is 10.9. The minimum atomic E-state index is -0.495. The fourth-order valence-electron chi connectivity index (χ4n) is 3.29. The summed E-state index contributed by atoms with van der Waals surface area (Å²) in [7, 11) is 3.34. The second-order valence-electron chi connectivity index (χ2n) is 6.48. The summed E-state index contributed by atoms with van der Waals surface area (Å²) in [5.41, 5.74) is 1.79. The van der Waals surface area contributed by atoms with Crippen LogP contribution in [0.15, 0.2) is 54.9 Å². The molecule has 30 heavy (non-hydrogen) atoms. The highest BCUT2D eigenvalue weighted by Crippen LogP contribution is 2.42. The van der Waals surface area contributed by atoms with Crippen molar-refractivity contribution in [2.75, 3.05) is 7.11 Å². The maximum atomic E-state index is 13.4. The highest BCUT2D eigenvalue weighted by Gasteiger charge is 2.20. The van der Waals surface area contributed by atoms with E-state index in [9.17, 15) is 14.5 Å². The standard InChI is InChI=1S/C21H15ClFN3O4/c1-25-11-16(14-7-8-24-21(29-2)20(14)25)15-10-13(26(27)28)4-6-18(15)30-19-5-3-12(23)9-17(19)22/h3-11H,1-2H3. The van der Waals surface area contributed by atoms with Gasteiger partial charge in [-0.05, 0) is 30.3 Å². The molecule has 0 saturated heterocycles. The van der Waals surface area contributed by atoms with Crippen LogP contribution >= 0.6 is 11.6 Å². The number of rotatable bonds is 5. The number of ether oxygens (including phenoxy) is 2. The van der Waals surface area contributed by atoms with E-state index in [0.29, 0.717) is 22.8 Å². The van der Waals surface area contributed by atoms with Gasteiger partial charge in [-0.25, -0.2) is 9.37 Å². The Bertz CT molecular complexity index is 1290. The third kappa shape index (κ3) is 3.42. The Morgan fingerprint density at radius 2 is 1.90 bits per heavy atom. The molecule has 0 aliphatic carbocycles. The minimum absolute atomic E-state index is 0.0862. The Kier molecular flexibility index (Phi) is 5.01. The van der Waals surface area contributed by atoms with Crippen LogP contribution in [-0.4, -0.2) is 21.6 Å². The van der Waals surface area contributed by atoms with Gasteiger partial charge in [0.25, 0.3) is 5.69 Å². The van der Waals surface area contributed by atoms with E-state index >= 15 is 0 Å². The third-order valence-corrected chi connectivity index (χ3v) is 4.92. The van der Waals surface area contributed by atoms with Crippen LogP contribution in [0.5, 0.6) is 17.4 Å². The number of hydrogen-bond donors (Lipinski definition) is 0. The van der Waals surface area contributed by atoms with E-state index in [0.717, 1.165) is 17.0 Å². The molecule has 2 heterocycles. The Balaban J connectivity index is 1.93. The molecule has 0 N–H and O–H groups in total. The van der Waals surface area contributed by atoms with Gasteiger partial charge in [-0.3, -0.25) is 10.1 Å². The number of nitrogens with zero attached hydrogens (tertiary/aromatic N) is 3. The van der Waals surface area contributed by atoms with E-state index in [1.807, 2.05) is 17.8 Å². The molecule has 0 saturated carbocycles. The van der Waals surface area contributed by atoms with Crippen LogP contribution in [-0.2, 0) is 7.05 Å². The Morgan fingerprint density at radius 1 is 1.13 bits per heavy atom. The number of fused-ring (bicyclic) bond motifs is 1. The van der Waals surface area contributed by atoms with Crippen molar-refractivity contribution in [3.05, 3.63) is 75.8 Å². The van der Waals surface area contributed by atoms with Crippen molar-refractivity contribution in [2.45, 2.75) is 0 Å². The monoisotopic (exact) mass is 427 g/mol. The number of aryl methyl sites for hydroxylation is 1. The molecule has 2 aromatic heterocycles. The second-order valence-corrected chi connectivity index (χ2v) is 6.89. The molecular weight excluding hydrogens is 413 g/mol. The molecule has 0 spiro atoms. The maximum Gasteiger partial charge on any atom is 0.270 e. The van der Waals surface area contributed by atoms with Gasteiger partial charge >= 0.3 is 0 Å². The van der Waals surface area contributed by atoms with E-state index in [1.165, 1.54) is 37.4 Å². The Morgan fingerprint density at radius 3 is 2.60 bits per heavy atom. The summed E-state index contributed by atoms with van der Waals surface area (Å²) in [4.78, 5) is 15.1. The number of nitro groups is 1. The summed E-state index contributed by atoms with van der Waals surface area (Å²) in [6.07, 6.45) is 3.41. The zero-order chi connectivity index (χ0) is 21.4. The molecule has 9 heteroatoms. The van der Waals surface area contributed by atoms with Gasteiger partial charge in [-0.2, -0.15) is 0 Å². The first-order valence-corrected chi connectivity index (χ1v) is 9.16. The summed E-state index contributed by atoms with van der Waals surface area (Å²) in [5, 5.41) is 12.2. The SMILES string of the molecule is COc1nccc2c(-c3cc([N+](=O)[O-])ccc3Oc3ccc(F)cc3Cl)cn(C)c12. The number of aromatic nitrogens is 2. The van der Waals surface area contributed by atoms with Crippen molar-refractivity contribution in [3.8, 4) is 28.5 Å². The van der Waals surface area contributed by atoms with Crippen LogP contribution in [0, 0.1) is 15.9 Å². The van der Waals surface area contributed by atoms with E-state index in [4.69, 9.17) is 21.1 Å². The molecule has 0 amide bonds. The number of pyridine rings is 1. The number of benzene rings is 2. The van der Waals surface area contributed by atoms with Crippen molar-refractivity contribution < 1.29 is 18.8 Å². The lowest BCUT2D eigenvalue weighted by molar-refractivity contribution is -0.384. The van der Waals surface area contributed by atoms with Gasteiger partial charge < -0.3 is 14.0 Å². The molecule has 4 aromatic rings. The summed E-state index contributed by atoms with van der Waals surface area (Å²) < 4.78 is 26.5. The van der Waals surface area contributed by atoms with Crippen molar-refractivity contribution in [1.29, 1.82) is 0 Å². The van der Waals surface area contributed by atoms with E-state index in [1.54, 1.807) is 12.3 Å². The van der Waals surface area contributed by atoms with E-state index in [-0.39, 0.29) is 16.5 Å². The Hall–Kier alpha value is -3.65. The molecule has 0 bridgehead atoms. The molecule has 152 valence electrons. The Labute approximate surface area is 175 Å². The molecule has 0 fully saturated rings. The number of methoxy groups -OCH3 is 1. The largest absolute Gasteiger partial charge is 0.479 e. The molecule has 0 atom stereocenters. The first kappa shape index (κ1) is 19.7. The number of nitro benzene ring substituents is 1. The molecule has 0 aliphatic rings. The second kappa shape index (κ2) is 7.64. The van der Waals surface area contributed by atoms with Gasteiger partial charge in [0.05, 0.1) is 17.1 Å². The summed E-state index contributed by atoms with van der Waals surface area (Å²) in [6.45, 7) is 0.